The van der Waals surface area contributed by atoms with Gasteiger partial charge < -0.3 is 5.32 Å². The van der Waals surface area contributed by atoms with Gasteiger partial charge in [0.25, 0.3) is 0 Å². The first-order valence-corrected chi connectivity index (χ1v) is 6.86. The fourth-order valence-corrected chi connectivity index (χ4v) is 2.17. The highest BCUT2D eigenvalue weighted by atomic mass is 15.1. The van der Waals surface area contributed by atoms with Gasteiger partial charge in [-0.3, -0.25) is 4.57 Å². The summed E-state index contributed by atoms with van der Waals surface area (Å²) >= 11 is 0. The van der Waals surface area contributed by atoms with Crippen molar-refractivity contribution in [1.82, 2.24) is 19.9 Å². The molecular formula is C15H20N4. The number of pyridine rings is 1. The van der Waals surface area contributed by atoms with E-state index in [1.807, 2.05) is 17.8 Å². The second-order valence-corrected chi connectivity index (χ2v) is 5.35. The van der Waals surface area contributed by atoms with Crippen LogP contribution in [0.1, 0.15) is 35.5 Å². The molecule has 1 saturated carbocycles. The van der Waals surface area contributed by atoms with Crippen molar-refractivity contribution >= 4 is 0 Å². The second-order valence-electron chi connectivity index (χ2n) is 5.35. The molecule has 19 heavy (non-hydrogen) atoms. The van der Waals surface area contributed by atoms with Crippen LogP contribution < -0.4 is 5.32 Å². The molecule has 1 aliphatic carbocycles. The highest BCUT2D eigenvalue weighted by Gasteiger charge is 2.20. The predicted molar refractivity (Wildman–Crippen MR) is 75.4 cm³/mol. The van der Waals surface area contributed by atoms with E-state index in [1.165, 1.54) is 18.4 Å². The van der Waals surface area contributed by atoms with Crippen molar-refractivity contribution in [3.05, 3.63) is 41.1 Å². The normalized spacial score (nSPS) is 14.9. The Hall–Kier alpha value is -1.68. The molecule has 0 aliphatic heterocycles. The summed E-state index contributed by atoms with van der Waals surface area (Å²) in [7, 11) is 0. The van der Waals surface area contributed by atoms with Gasteiger partial charge >= 0.3 is 0 Å². The molecule has 0 amide bonds. The number of aryl methyl sites for hydroxylation is 2. The lowest BCUT2D eigenvalue weighted by Gasteiger charge is -2.10. The van der Waals surface area contributed by atoms with E-state index in [1.54, 1.807) is 0 Å². The first-order valence-electron chi connectivity index (χ1n) is 6.86. The molecule has 0 aromatic carbocycles. The Morgan fingerprint density at radius 2 is 2.00 bits per heavy atom. The maximum atomic E-state index is 4.70. The van der Waals surface area contributed by atoms with Crippen molar-refractivity contribution in [3.63, 3.8) is 0 Å². The van der Waals surface area contributed by atoms with Gasteiger partial charge in [0.2, 0.25) is 0 Å². The third-order valence-corrected chi connectivity index (χ3v) is 3.84. The van der Waals surface area contributed by atoms with E-state index in [0.29, 0.717) is 0 Å². The molecular weight excluding hydrogens is 236 g/mol. The van der Waals surface area contributed by atoms with Crippen LogP contribution >= 0.6 is 0 Å². The zero-order chi connectivity index (χ0) is 13.4. The van der Waals surface area contributed by atoms with Crippen LogP contribution in [-0.4, -0.2) is 20.6 Å². The molecule has 4 heteroatoms. The molecule has 1 N–H and O–H groups in total. The van der Waals surface area contributed by atoms with Crippen molar-refractivity contribution in [1.29, 1.82) is 0 Å². The van der Waals surface area contributed by atoms with Crippen LogP contribution in [0, 0.1) is 20.8 Å². The Balaban J connectivity index is 1.83. The third-order valence-electron chi connectivity index (χ3n) is 3.84. The second kappa shape index (κ2) is 4.78. The number of hydrogen-bond donors (Lipinski definition) is 1. The zero-order valence-electron chi connectivity index (χ0n) is 11.8. The lowest BCUT2D eigenvalue weighted by atomic mass is 10.2. The Labute approximate surface area is 113 Å². The van der Waals surface area contributed by atoms with Gasteiger partial charge in [0.05, 0.1) is 5.69 Å². The summed E-state index contributed by atoms with van der Waals surface area (Å²) in [5.41, 5.74) is 4.58. The SMILES string of the molecule is Cc1nc(-n2cnc(C)c2C)ccc1CNC1CC1. The number of aromatic nitrogens is 3. The van der Waals surface area contributed by atoms with Gasteiger partial charge in [-0.15, -0.1) is 0 Å². The van der Waals surface area contributed by atoms with E-state index < -0.39 is 0 Å². The lowest BCUT2D eigenvalue weighted by Crippen LogP contribution is -2.16. The van der Waals surface area contributed by atoms with Crippen LogP contribution in [0.5, 0.6) is 0 Å². The minimum atomic E-state index is 0.734. The van der Waals surface area contributed by atoms with Gasteiger partial charge in [-0.1, -0.05) is 6.07 Å². The molecule has 0 radical (unpaired) electrons. The summed E-state index contributed by atoms with van der Waals surface area (Å²) in [5, 5.41) is 3.53. The maximum Gasteiger partial charge on any atom is 0.138 e. The molecule has 0 bridgehead atoms. The number of hydrogen-bond acceptors (Lipinski definition) is 3. The van der Waals surface area contributed by atoms with Crippen LogP contribution in [0.25, 0.3) is 5.82 Å². The van der Waals surface area contributed by atoms with Crippen LogP contribution in [0.15, 0.2) is 18.5 Å². The summed E-state index contributed by atoms with van der Waals surface area (Å²) in [4.78, 5) is 9.02. The monoisotopic (exact) mass is 256 g/mol. The van der Waals surface area contributed by atoms with Gasteiger partial charge in [0.15, 0.2) is 0 Å². The van der Waals surface area contributed by atoms with Gasteiger partial charge in [-0.05, 0) is 45.2 Å². The van der Waals surface area contributed by atoms with Crippen LogP contribution in [0.3, 0.4) is 0 Å². The number of rotatable bonds is 4. The highest BCUT2D eigenvalue weighted by molar-refractivity contribution is 5.33. The molecule has 0 atom stereocenters. The Morgan fingerprint density at radius 1 is 1.21 bits per heavy atom. The molecule has 100 valence electrons. The van der Waals surface area contributed by atoms with Gasteiger partial charge in [0.1, 0.15) is 12.1 Å². The summed E-state index contributed by atoms with van der Waals surface area (Å²) in [6, 6.07) is 4.98. The molecule has 4 nitrogen and oxygen atoms in total. The van der Waals surface area contributed by atoms with Crippen molar-refractivity contribution in [2.45, 2.75) is 46.2 Å². The Kier molecular flexibility index (Phi) is 3.11. The Morgan fingerprint density at radius 3 is 2.58 bits per heavy atom. The molecule has 2 aromatic rings. The molecule has 3 rings (SSSR count). The topological polar surface area (TPSA) is 42.7 Å². The van der Waals surface area contributed by atoms with E-state index in [-0.39, 0.29) is 0 Å². The minimum absolute atomic E-state index is 0.734. The molecule has 2 aromatic heterocycles. The van der Waals surface area contributed by atoms with E-state index >= 15 is 0 Å². The quantitative estimate of drug-likeness (QED) is 0.913. The molecule has 0 saturated heterocycles. The number of nitrogens with one attached hydrogen (secondary N) is 1. The molecule has 2 heterocycles. The Bertz CT molecular complexity index is 596. The molecule has 0 spiro atoms. The first-order chi connectivity index (χ1) is 9.15. The van der Waals surface area contributed by atoms with Crippen molar-refractivity contribution < 1.29 is 0 Å². The van der Waals surface area contributed by atoms with E-state index in [4.69, 9.17) is 4.98 Å². The van der Waals surface area contributed by atoms with Crippen molar-refractivity contribution in [2.24, 2.45) is 0 Å². The van der Waals surface area contributed by atoms with Gasteiger partial charge in [0, 0.05) is 24.0 Å². The molecule has 1 fully saturated rings. The van der Waals surface area contributed by atoms with Crippen LogP contribution in [0.4, 0.5) is 0 Å². The maximum absolute atomic E-state index is 4.70. The largest absolute Gasteiger partial charge is 0.310 e. The summed E-state index contributed by atoms with van der Waals surface area (Å²) < 4.78 is 2.04. The zero-order valence-corrected chi connectivity index (χ0v) is 11.8. The average molecular weight is 256 g/mol. The van der Waals surface area contributed by atoms with Crippen LogP contribution in [-0.2, 0) is 6.54 Å². The fourth-order valence-electron chi connectivity index (χ4n) is 2.17. The van der Waals surface area contributed by atoms with E-state index in [9.17, 15) is 0 Å². The number of imidazole rings is 1. The van der Waals surface area contributed by atoms with E-state index in [0.717, 1.165) is 35.5 Å². The molecule has 0 unspecified atom stereocenters. The first kappa shape index (κ1) is 12.4. The van der Waals surface area contributed by atoms with Gasteiger partial charge in [-0.25, -0.2) is 9.97 Å². The summed E-state index contributed by atoms with van der Waals surface area (Å²) in [5.74, 6) is 0.950. The fraction of sp³-hybridized carbons (Fsp3) is 0.467. The standard InChI is InChI=1S/C15H20N4/c1-10-12(3)19(9-17-10)15-7-4-13(11(2)18-15)8-16-14-5-6-14/h4,7,9,14,16H,5-6,8H2,1-3H3. The summed E-state index contributed by atoms with van der Waals surface area (Å²) in [6.07, 6.45) is 4.48. The van der Waals surface area contributed by atoms with Gasteiger partial charge in [-0.2, -0.15) is 0 Å². The minimum Gasteiger partial charge on any atom is -0.310 e. The summed E-state index contributed by atoms with van der Waals surface area (Å²) in [6.45, 7) is 7.09. The predicted octanol–water partition coefficient (Wildman–Crippen LogP) is 2.44. The molecule has 1 aliphatic rings. The average Bonchev–Trinajstić information content (AvgIpc) is 3.16. The highest BCUT2D eigenvalue weighted by Crippen LogP contribution is 2.20. The van der Waals surface area contributed by atoms with Crippen molar-refractivity contribution in [3.8, 4) is 5.82 Å². The smallest absolute Gasteiger partial charge is 0.138 e. The lowest BCUT2D eigenvalue weighted by molar-refractivity contribution is 0.681. The van der Waals surface area contributed by atoms with Crippen LogP contribution in [0.2, 0.25) is 0 Å². The van der Waals surface area contributed by atoms with Crippen molar-refractivity contribution in [2.75, 3.05) is 0 Å². The number of nitrogens with zero attached hydrogens (tertiary/aromatic N) is 3. The third kappa shape index (κ3) is 2.54. The van der Waals surface area contributed by atoms with E-state index in [2.05, 4.69) is 36.3 Å².